The van der Waals surface area contributed by atoms with Crippen LogP contribution in [0, 0.1) is 12.8 Å². The number of carbonyl (C=O) groups is 1. The highest BCUT2D eigenvalue weighted by Gasteiger charge is 2.28. The van der Waals surface area contributed by atoms with Crippen LogP contribution in [0.25, 0.3) is 11.2 Å². The lowest BCUT2D eigenvalue weighted by molar-refractivity contribution is -0.142. The normalized spacial score (nSPS) is 12.9. The van der Waals surface area contributed by atoms with Crippen molar-refractivity contribution in [2.75, 3.05) is 0 Å². The Bertz CT molecular complexity index is 837. The number of carboxylic acids is 1. The number of aryl methyl sites for hydroxylation is 1. The van der Waals surface area contributed by atoms with Crippen molar-refractivity contribution in [3.63, 3.8) is 0 Å². The van der Waals surface area contributed by atoms with Crippen LogP contribution in [0.5, 0.6) is 0 Å². The highest BCUT2D eigenvalue weighted by atomic mass is 32.1. The highest BCUT2D eigenvalue weighted by Crippen LogP contribution is 2.28. The zero-order valence-electron chi connectivity index (χ0n) is 13.4. The van der Waals surface area contributed by atoms with E-state index in [1.165, 1.54) is 0 Å². The molecule has 0 aliphatic rings. The predicted molar refractivity (Wildman–Crippen MR) is 90.9 cm³/mol. The summed E-state index contributed by atoms with van der Waals surface area (Å²) in [6.07, 6.45) is 2.37. The lowest BCUT2D eigenvalue weighted by atomic mass is 10.0. The molecule has 0 fully saturated rings. The first-order valence-electron chi connectivity index (χ1n) is 7.56. The second-order valence-electron chi connectivity index (χ2n) is 6.04. The van der Waals surface area contributed by atoms with E-state index in [1.54, 1.807) is 22.1 Å². The van der Waals surface area contributed by atoms with Gasteiger partial charge >= 0.3 is 5.97 Å². The summed E-state index contributed by atoms with van der Waals surface area (Å²) in [6.45, 7) is 5.78. The van der Waals surface area contributed by atoms with E-state index in [0.717, 1.165) is 21.8 Å². The van der Waals surface area contributed by atoms with Crippen molar-refractivity contribution in [1.29, 1.82) is 0 Å². The van der Waals surface area contributed by atoms with Crippen LogP contribution < -0.4 is 0 Å². The summed E-state index contributed by atoms with van der Waals surface area (Å²) in [5, 5.41) is 11.7. The van der Waals surface area contributed by atoms with Crippen molar-refractivity contribution in [2.24, 2.45) is 5.92 Å². The third-order valence-electron chi connectivity index (χ3n) is 3.81. The molecule has 0 aliphatic carbocycles. The average molecular weight is 329 g/mol. The topological polar surface area (TPSA) is 68.0 Å². The molecule has 3 rings (SSSR count). The molecule has 1 atom stereocenters. The minimum Gasteiger partial charge on any atom is -0.480 e. The van der Waals surface area contributed by atoms with Crippen molar-refractivity contribution in [2.45, 2.75) is 33.2 Å². The van der Waals surface area contributed by atoms with Crippen molar-refractivity contribution in [3.8, 4) is 0 Å². The standard InChI is InChI=1S/C17H19N3O2S/c1-10(2)15(17(21)22)20-14(8-12-5-4-6-23-12)19-13-7-11(3)9-18-16(13)20/h4-7,9-10,15H,8H2,1-3H3,(H,21,22). The van der Waals surface area contributed by atoms with Gasteiger partial charge in [0.25, 0.3) is 0 Å². The van der Waals surface area contributed by atoms with E-state index in [1.807, 2.05) is 44.4 Å². The molecule has 23 heavy (non-hydrogen) atoms. The fourth-order valence-corrected chi connectivity index (χ4v) is 3.51. The van der Waals surface area contributed by atoms with Gasteiger partial charge in [-0.2, -0.15) is 0 Å². The summed E-state index contributed by atoms with van der Waals surface area (Å²) in [5.41, 5.74) is 2.41. The van der Waals surface area contributed by atoms with Crippen LogP contribution in [-0.4, -0.2) is 25.6 Å². The Labute approximate surface area is 138 Å². The number of aliphatic carboxylic acids is 1. The molecule has 0 aliphatic heterocycles. The molecule has 5 nitrogen and oxygen atoms in total. The summed E-state index contributed by atoms with van der Waals surface area (Å²) in [7, 11) is 0. The Morgan fingerprint density at radius 3 is 2.83 bits per heavy atom. The maximum atomic E-state index is 11.8. The van der Waals surface area contributed by atoms with Crippen molar-refractivity contribution in [3.05, 3.63) is 46.0 Å². The number of rotatable bonds is 5. The second-order valence-corrected chi connectivity index (χ2v) is 7.07. The lowest BCUT2D eigenvalue weighted by Gasteiger charge is -2.20. The smallest absolute Gasteiger partial charge is 0.327 e. The van der Waals surface area contributed by atoms with Gasteiger partial charge in [-0.3, -0.25) is 4.57 Å². The van der Waals surface area contributed by atoms with E-state index in [4.69, 9.17) is 0 Å². The molecule has 0 amide bonds. The number of imidazole rings is 1. The molecule has 0 aromatic carbocycles. The van der Waals surface area contributed by atoms with Crippen LogP contribution in [0.4, 0.5) is 0 Å². The van der Waals surface area contributed by atoms with E-state index in [9.17, 15) is 9.90 Å². The summed E-state index contributed by atoms with van der Waals surface area (Å²) >= 11 is 1.65. The highest BCUT2D eigenvalue weighted by molar-refractivity contribution is 7.09. The molecule has 0 saturated heterocycles. The number of hydrogen-bond donors (Lipinski definition) is 1. The van der Waals surface area contributed by atoms with Crippen molar-refractivity contribution >= 4 is 28.5 Å². The zero-order chi connectivity index (χ0) is 16.6. The van der Waals surface area contributed by atoms with Crippen LogP contribution in [0.3, 0.4) is 0 Å². The Morgan fingerprint density at radius 1 is 1.43 bits per heavy atom. The van der Waals surface area contributed by atoms with Gasteiger partial charge < -0.3 is 5.11 Å². The largest absolute Gasteiger partial charge is 0.480 e. The van der Waals surface area contributed by atoms with E-state index < -0.39 is 12.0 Å². The van der Waals surface area contributed by atoms with Gasteiger partial charge in [-0.05, 0) is 35.9 Å². The van der Waals surface area contributed by atoms with Crippen molar-refractivity contribution < 1.29 is 9.90 Å². The number of fused-ring (bicyclic) bond motifs is 1. The monoisotopic (exact) mass is 329 g/mol. The molecule has 1 N–H and O–H groups in total. The van der Waals surface area contributed by atoms with Gasteiger partial charge in [-0.15, -0.1) is 11.3 Å². The van der Waals surface area contributed by atoms with E-state index in [2.05, 4.69) is 9.97 Å². The number of pyridine rings is 1. The Morgan fingerprint density at radius 2 is 2.22 bits per heavy atom. The summed E-state index contributed by atoms with van der Waals surface area (Å²) < 4.78 is 1.79. The van der Waals surface area contributed by atoms with Gasteiger partial charge in [0, 0.05) is 17.5 Å². The minimum atomic E-state index is -0.853. The van der Waals surface area contributed by atoms with Crippen LogP contribution in [0.1, 0.15) is 36.2 Å². The minimum absolute atomic E-state index is 0.0601. The molecule has 6 heteroatoms. The molecule has 0 saturated carbocycles. The van der Waals surface area contributed by atoms with Crippen LogP contribution in [0.2, 0.25) is 0 Å². The third kappa shape index (κ3) is 2.99. The van der Waals surface area contributed by atoms with Crippen LogP contribution in [-0.2, 0) is 11.2 Å². The average Bonchev–Trinajstić information content (AvgIpc) is 3.07. The number of carboxylic acid groups (broad SMARTS) is 1. The van der Waals surface area contributed by atoms with Gasteiger partial charge in [0.15, 0.2) is 5.65 Å². The lowest BCUT2D eigenvalue weighted by Crippen LogP contribution is -2.26. The van der Waals surface area contributed by atoms with Gasteiger partial charge in [-0.25, -0.2) is 14.8 Å². The SMILES string of the molecule is Cc1cnc2c(c1)nc(Cc1cccs1)n2C(C(=O)O)C(C)C. The summed E-state index contributed by atoms with van der Waals surface area (Å²) in [4.78, 5) is 22.1. The van der Waals surface area contributed by atoms with Gasteiger partial charge in [0.05, 0.1) is 0 Å². The number of nitrogens with zero attached hydrogens (tertiary/aromatic N) is 3. The molecule has 0 bridgehead atoms. The number of aromatic nitrogens is 3. The second kappa shape index (κ2) is 6.12. The molecule has 3 aromatic heterocycles. The van der Waals surface area contributed by atoms with Crippen LogP contribution in [0.15, 0.2) is 29.8 Å². The first-order valence-corrected chi connectivity index (χ1v) is 8.44. The Balaban J connectivity index is 2.20. The van der Waals surface area contributed by atoms with Gasteiger partial charge in [0.2, 0.25) is 0 Å². The number of thiophene rings is 1. The molecular formula is C17H19N3O2S. The Hall–Kier alpha value is -2.21. The van der Waals surface area contributed by atoms with E-state index >= 15 is 0 Å². The summed E-state index contributed by atoms with van der Waals surface area (Å²) in [6, 6.07) is 5.31. The molecule has 3 heterocycles. The quantitative estimate of drug-likeness (QED) is 0.775. The third-order valence-corrected chi connectivity index (χ3v) is 4.69. The number of hydrogen-bond acceptors (Lipinski definition) is 4. The molecule has 0 radical (unpaired) electrons. The Kier molecular flexibility index (Phi) is 4.17. The molecule has 0 spiro atoms. The predicted octanol–water partition coefficient (Wildman–Crippen LogP) is 3.67. The van der Waals surface area contributed by atoms with Crippen LogP contribution >= 0.6 is 11.3 Å². The van der Waals surface area contributed by atoms with E-state index in [-0.39, 0.29) is 5.92 Å². The first kappa shape index (κ1) is 15.7. The van der Waals surface area contributed by atoms with E-state index in [0.29, 0.717) is 12.1 Å². The summed E-state index contributed by atoms with van der Waals surface area (Å²) in [5.74, 6) is -0.161. The molecule has 1 unspecified atom stereocenters. The molecule has 120 valence electrons. The van der Waals surface area contributed by atoms with Gasteiger partial charge in [-0.1, -0.05) is 19.9 Å². The zero-order valence-corrected chi connectivity index (χ0v) is 14.2. The van der Waals surface area contributed by atoms with Gasteiger partial charge in [0.1, 0.15) is 17.4 Å². The fraction of sp³-hybridized carbons (Fsp3) is 0.353. The van der Waals surface area contributed by atoms with Crippen molar-refractivity contribution in [1.82, 2.24) is 14.5 Å². The fourth-order valence-electron chi connectivity index (χ4n) is 2.81. The molecule has 3 aromatic rings. The molecular weight excluding hydrogens is 310 g/mol. The maximum absolute atomic E-state index is 11.8. The maximum Gasteiger partial charge on any atom is 0.327 e. The first-order chi connectivity index (χ1) is 11.0.